The van der Waals surface area contributed by atoms with Crippen molar-refractivity contribution in [2.24, 2.45) is 5.41 Å². The van der Waals surface area contributed by atoms with Crippen molar-refractivity contribution in [3.63, 3.8) is 0 Å². The zero-order valence-electron chi connectivity index (χ0n) is 10.2. The molecule has 16 heavy (non-hydrogen) atoms. The van der Waals surface area contributed by atoms with Gasteiger partial charge in [0.2, 0.25) is 5.91 Å². The summed E-state index contributed by atoms with van der Waals surface area (Å²) < 4.78 is 0. The molecule has 0 spiro atoms. The number of carbonyl (C=O) groups excluding carboxylic acids is 1. The van der Waals surface area contributed by atoms with Crippen LogP contribution in [0.3, 0.4) is 0 Å². The van der Waals surface area contributed by atoms with E-state index in [2.05, 4.69) is 17.1 Å². The van der Waals surface area contributed by atoms with E-state index in [1.807, 2.05) is 0 Å². The third-order valence-corrected chi connectivity index (χ3v) is 4.44. The largest absolute Gasteiger partial charge is 0.341 e. The second-order valence-electron chi connectivity index (χ2n) is 6.21. The molecule has 0 bridgehead atoms. The molecule has 1 aliphatic heterocycles. The highest BCUT2D eigenvalue weighted by Crippen LogP contribution is 2.41. The first kappa shape index (κ1) is 10.6. The highest BCUT2D eigenvalue weighted by molar-refractivity contribution is 5.84. The zero-order valence-corrected chi connectivity index (χ0v) is 10.2. The van der Waals surface area contributed by atoms with Crippen molar-refractivity contribution in [3.05, 3.63) is 0 Å². The van der Waals surface area contributed by atoms with Crippen LogP contribution in [0.15, 0.2) is 0 Å². The van der Waals surface area contributed by atoms with E-state index in [9.17, 15) is 4.79 Å². The molecule has 1 saturated heterocycles. The van der Waals surface area contributed by atoms with Crippen molar-refractivity contribution in [2.45, 2.75) is 57.5 Å². The molecule has 3 fully saturated rings. The fourth-order valence-electron chi connectivity index (χ4n) is 2.98. The Morgan fingerprint density at radius 2 is 2.12 bits per heavy atom. The van der Waals surface area contributed by atoms with E-state index < -0.39 is 0 Å². The summed E-state index contributed by atoms with van der Waals surface area (Å²) in [5, 5.41) is 3.46. The summed E-state index contributed by atoms with van der Waals surface area (Å²) in [4.78, 5) is 14.2. The molecule has 1 heterocycles. The van der Waals surface area contributed by atoms with Crippen molar-refractivity contribution in [1.82, 2.24) is 10.2 Å². The summed E-state index contributed by atoms with van der Waals surface area (Å²) in [5.41, 5.74) is 0.435. The smallest absolute Gasteiger partial charge is 0.239 e. The van der Waals surface area contributed by atoms with Crippen molar-refractivity contribution in [3.8, 4) is 0 Å². The topological polar surface area (TPSA) is 32.3 Å². The van der Waals surface area contributed by atoms with Gasteiger partial charge in [-0.15, -0.1) is 0 Å². The van der Waals surface area contributed by atoms with Gasteiger partial charge in [-0.3, -0.25) is 4.79 Å². The molecule has 0 aromatic heterocycles. The average molecular weight is 222 g/mol. The first-order valence-corrected chi connectivity index (χ1v) is 6.71. The van der Waals surface area contributed by atoms with E-state index in [-0.39, 0.29) is 6.04 Å². The maximum Gasteiger partial charge on any atom is 0.239 e. The molecule has 1 unspecified atom stereocenters. The zero-order chi connectivity index (χ0) is 11.2. The standard InChI is InChI=1S/C13H22N2O/c1-13(6-2-7-13)9-15-8-5-11(12(15)16)14-10-3-4-10/h10-11,14H,2-9H2,1H3. The Morgan fingerprint density at radius 3 is 2.69 bits per heavy atom. The number of hydrogen-bond acceptors (Lipinski definition) is 2. The normalized spacial score (nSPS) is 32.9. The second-order valence-corrected chi connectivity index (χ2v) is 6.21. The average Bonchev–Trinajstić information content (AvgIpc) is 2.96. The van der Waals surface area contributed by atoms with E-state index >= 15 is 0 Å². The lowest BCUT2D eigenvalue weighted by molar-refractivity contribution is -0.131. The third-order valence-electron chi connectivity index (χ3n) is 4.44. The monoisotopic (exact) mass is 222 g/mol. The number of rotatable bonds is 4. The second kappa shape index (κ2) is 3.73. The maximum absolute atomic E-state index is 12.1. The van der Waals surface area contributed by atoms with Crippen molar-refractivity contribution in [1.29, 1.82) is 0 Å². The lowest BCUT2D eigenvalue weighted by Gasteiger charge is -2.41. The molecule has 2 aliphatic carbocycles. The van der Waals surface area contributed by atoms with Gasteiger partial charge in [0, 0.05) is 19.1 Å². The number of amides is 1. The highest BCUT2D eigenvalue weighted by atomic mass is 16.2. The van der Waals surface area contributed by atoms with Crippen LogP contribution in [0.1, 0.15) is 45.4 Å². The Kier molecular flexibility index (Phi) is 2.46. The molecule has 3 heteroatoms. The van der Waals surface area contributed by atoms with Crippen LogP contribution < -0.4 is 5.32 Å². The van der Waals surface area contributed by atoms with E-state index in [4.69, 9.17) is 0 Å². The van der Waals surface area contributed by atoms with Crippen LogP contribution in [-0.2, 0) is 4.79 Å². The molecule has 0 radical (unpaired) electrons. The Bertz CT molecular complexity index is 294. The van der Waals surface area contributed by atoms with Gasteiger partial charge in [-0.05, 0) is 37.5 Å². The van der Waals surface area contributed by atoms with Crippen LogP contribution in [0.25, 0.3) is 0 Å². The minimum Gasteiger partial charge on any atom is -0.341 e. The molecule has 3 aliphatic rings. The minimum absolute atomic E-state index is 0.135. The van der Waals surface area contributed by atoms with E-state index in [0.717, 1.165) is 19.5 Å². The molecule has 0 aromatic carbocycles. The maximum atomic E-state index is 12.1. The van der Waals surface area contributed by atoms with Crippen molar-refractivity contribution < 1.29 is 4.79 Å². The number of nitrogens with zero attached hydrogens (tertiary/aromatic N) is 1. The SMILES string of the molecule is CC1(CN2CCC(NC3CC3)C2=O)CCC1. The van der Waals surface area contributed by atoms with Crippen LogP contribution >= 0.6 is 0 Å². The third kappa shape index (κ3) is 1.97. The summed E-state index contributed by atoms with van der Waals surface area (Å²) in [6.07, 6.45) is 7.51. The predicted molar refractivity (Wildman–Crippen MR) is 63.1 cm³/mol. The van der Waals surface area contributed by atoms with Crippen LogP contribution in [0.4, 0.5) is 0 Å². The van der Waals surface area contributed by atoms with Gasteiger partial charge in [0.25, 0.3) is 0 Å². The Hall–Kier alpha value is -0.570. The predicted octanol–water partition coefficient (Wildman–Crippen LogP) is 1.53. The fraction of sp³-hybridized carbons (Fsp3) is 0.923. The number of hydrogen-bond donors (Lipinski definition) is 1. The van der Waals surface area contributed by atoms with Crippen LogP contribution in [0.5, 0.6) is 0 Å². The number of carbonyl (C=O) groups is 1. The minimum atomic E-state index is 0.135. The van der Waals surface area contributed by atoms with Gasteiger partial charge in [0.1, 0.15) is 0 Å². The molecule has 0 aromatic rings. The summed E-state index contributed by atoms with van der Waals surface area (Å²) in [7, 11) is 0. The summed E-state index contributed by atoms with van der Waals surface area (Å²) >= 11 is 0. The molecule has 1 atom stereocenters. The lowest BCUT2D eigenvalue weighted by Crippen LogP contribution is -2.44. The Balaban J connectivity index is 1.54. The van der Waals surface area contributed by atoms with Crippen LogP contribution in [-0.4, -0.2) is 36.0 Å². The van der Waals surface area contributed by atoms with Gasteiger partial charge in [-0.25, -0.2) is 0 Å². The molecule has 90 valence electrons. The Morgan fingerprint density at radius 1 is 1.38 bits per heavy atom. The first-order chi connectivity index (χ1) is 7.66. The fourth-order valence-corrected chi connectivity index (χ4v) is 2.98. The van der Waals surface area contributed by atoms with Crippen molar-refractivity contribution in [2.75, 3.05) is 13.1 Å². The van der Waals surface area contributed by atoms with E-state index in [1.54, 1.807) is 0 Å². The van der Waals surface area contributed by atoms with Gasteiger partial charge in [-0.1, -0.05) is 13.3 Å². The summed E-state index contributed by atoms with van der Waals surface area (Å²) in [5.74, 6) is 0.361. The summed E-state index contributed by atoms with van der Waals surface area (Å²) in [6, 6.07) is 0.782. The highest BCUT2D eigenvalue weighted by Gasteiger charge is 2.40. The molecule has 1 N–H and O–H groups in total. The van der Waals surface area contributed by atoms with E-state index in [0.29, 0.717) is 17.4 Å². The van der Waals surface area contributed by atoms with Gasteiger partial charge < -0.3 is 10.2 Å². The quantitative estimate of drug-likeness (QED) is 0.782. The van der Waals surface area contributed by atoms with Gasteiger partial charge in [0.05, 0.1) is 6.04 Å². The molecular weight excluding hydrogens is 200 g/mol. The van der Waals surface area contributed by atoms with Crippen LogP contribution in [0, 0.1) is 5.41 Å². The molecule has 3 rings (SSSR count). The Labute approximate surface area is 97.6 Å². The lowest BCUT2D eigenvalue weighted by atomic mass is 9.70. The van der Waals surface area contributed by atoms with Gasteiger partial charge >= 0.3 is 0 Å². The van der Waals surface area contributed by atoms with Gasteiger partial charge in [0.15, 0.2) is 0 Å². The van der Waals surface area contributed by atoms with Crippen LogP contribution in [0.2, 0.25) is 0 Å². The molecular formula is C13H22N2O. The summed E-state index contributed by atoms with van der Waals surface area (Å²) in [6.45, 7) is 4.29. The number of nitrogens with one attached hydrogen (secondary N) is 1. The first-order valence-electron chi connectivity index (χ1n) is 6.71. The number of likely N-dealkylation sites (tertiary alicyclic amines) is 1. The van der Waals surface area contributed by atoms with Crippen molar-refractivity contribution >= 4 is 5.91 Å². The van der Waals surface area contributed by atoms with E-state index in [1.165, 1.54) is 32.1 Å². The van der Waals surface area contributed by atoms with Gasteiger partial charge in [-0.2, -0.15) is 0 Å². The molecule has 1 amide bonds. The molecule has 3 nitrogen and oxygen atoms in total. The molecule has 2 saturated carbocycles.